The fraction of sp³-hybridized carbons (Fsp3) is 0.176. The van der Waals surface area contributed by atoms with Crippen molar-refractivity contribution >= 4 is 17.9 Å². The number of aromatic amines is 1. The second kappa shape index (κ2) is 7.11. The highest BCUT2D eigenvalue weighted by Gasteiger charge is 2.07. The first-order valence-corrected chi connectivity index (χ1v) is 7.87. The summed E-state index contributed by atoms with van der Waals surface area (Å²) < 4.78 is 7.95. The van der Waals surface area contributed by atoms with E-state index in [4.69, 9.17) is 17.0 Å². The molecule has 0 aliphatic heterocycles. The molecule has 0 aliphatic rings. The zero-order valence-corrected chi connectivity index (χ0v) is 13.6. The van der Waals surface area contributed by atoms with E-state index in [1.165, 1.54) is 0 Å². The Bertz CT molecular complexity index is 809. The van der Waals surface area contributed by atoms with Crippen molar-refractivity contribution in [2.75, 3.05) is 11.9 Å². The summed E-state index contributed by atoms with van der Waals surface area (Å²) in [7, 11) is 0. The van der Waals surface area contributed by atoms with E-state index in [1.807, 2.05) is 66.1 Å². The van der Waals surface area contributed by atoms with Crippen molar-refractivity contribution in [1.82, 2.24) is 14.8 Å². The number of ether oxygens (including phenoxy) is 1. The Morgan fingerprint density at radius 1 is 1.13 bits per heavy atom. The van der Waals surface area contributed by atoms with E-state index in [2.05, 4.69) is 15.5 Å². The number of nitrogens with zero attached hydrogens (tertiary/aromatic N) is 2. The Labute approximate surface area is 139 Å². The maximum atomic E-state index is 5.44. The Balaban J connectivity index is 1.75. The average molecular weight is 326 g/mol. The summed E-state index contributed by atoms with van der Waals surface area (Å²) in [5.41, 5.74) is 2.00. The van der Waals surface area contributed by atoms with Crippen LogP contribution in [0.4, 0.5) is 5.69 Å². The predicted octanol–water partition coefficient (Wildman–Crippen LogP) is 3.94. The fourth-order valence-electron chi connectivity index (χ4n) is 2.31. The quantitative estimate of drug-likeness (QED) is 0.674. The molecule has 0 saturated heterocycles. The number of nitrogens with one attached hydrogen (secondary N) is 2. The third kappa shape index (κ3) is 3.60. The standard InChI is InChI=1S/C17H18N4OS/c1-2-22-15-10-8-13(9-11-15)18-12-16-19-20-17(23)21(16)14-6-4-3-5-7-14/h3-11,18H,2,12H2,1H3,(H,20,23). The highest BCUT2D eigenvalue weighted by atomic mass is 32.1. The maximum Gasteiger partial charge on any atom is 0.199 e. The third-order valence-corrected chi connectivity index (χ3v) is 3.65. The van der Waals surface area contributed by atoms with Crippen LogP contribution in [-0.4, -0.2) is 21.4 Å². The van der Waals surface area contributed by atoms with Crippen molar-refractivity contribution < 1.29 is 4.74 Å². The zero-order chi connectivity index (χ0) is 16.1. The van der Waals surface area contributed by atoms with Crippen molar-refractivity contribution in [3.05, 3.63) is 65.2 Å². The number of benzene rings is 2. The first-order chi connectivity index (χ1) is 11.3. The van der Waals surface area contributed by atoms with Crippen LogP contribution in [0.3, 0.4) is 0 Å². The molecule has 118 valence electrons. The Hall–Kier alpha value is -2.60. The Morgan fingerprint density at radius 3 is 2.57 bits per heavy atom. The molecule has 0 bridgehead atoms. The monoisotopic (exact) mass is 326 g/mol. The summed E-state index contributed by atoms with van der Waals surface area (Å²) in [5, 5.41) is 10.5. The van der Waals surface area contributed by atoms with Gasteiger partial charge < -0.3 is 10.1 Å². The molecule has 0 spiro atoms. The van der Waals surface area contributed by atoms with E-state index in [0.29, 0.717) is 17.9 Å². The minimum atomic E-state index is 0.565. The summed E-state index contributed by atoms with van der Waals surface area (Å²) in [4.78, 5) is 0. The fourth-order valence-corrected chi connectivity index (χ4v) is 2.56. The second-order valence-corrected chi connectivity index (χ2v) is 5.31. The van der Waals surface area contributed by atoms with Gasteiger partial charge in [0.25, 0.3) is 0 Å². The minimum absolute atomic E-state index is 0.565. The number of anilines is 1. The van der Waals surface area contributed by atoms with Crippen LogP contribution in [0.5, 0.6) is 5.75 Å². The van der Waals surface area contributed by atoms with Crippen LogP contribution in [0, 0.1) is 4.77 Å². The van der Waals surface area contributed by atoms with Gasteiger partial charge in [0.05, 0.1) is 13.2 Å². The van der Waals surface area contributed by atoms with Crippen LogP contribution >= 0.6 is 12.2 Å². The molecule has 3 rings (SSSR count). The molecule has 2 aromatic carbocycles. The first-order valence-electron chi connectivity index (χ1n) is 7.46. The SMILES string of the molecule is CCOc1ccc(NCc2n[nH]c(=S)n2-c2ccccc2)cc1. The normalized spacial score (nSPS) is 10.5. The van der Waals surface area contributed by atoms with Crippen LogP contribution in [0.15, 0.2) is 54.6 Å². The molecule has 0 atom stereocenters. The molecule has 23 heavy (non-hydrogen) atoms. The van der Waals surface area contributed by atoms with Crippen molar-refractivity contribution in [3.63, 3.8) is 0 Å². The van der Waals surface area contributed by atoms with E-state index >= 15 is 0 Å². The molecule has 1 heterocycles. The zero-order valence-electron chi connectivity index (χ0n) is 12.8. The Kier molecular flexibility index (Phi) is 4.73. The van der Waals surface area contributed by atoms with Crippen molar-refractivity contribution in [3.8, 4) is 11.4 Å². The molecule has 0 unspecified atom stereocenters. The lowest BCUT2D eigenvalue weighted by molar-refractivity contribution is 0.340. The molecule has 0 radical (unpaired) electrons. The van der Waals surface area contributed by atoms with Gasteiger partial charge in [-0.15, -0.1) is 0 Å². The highest BCUT2D eigenvalue weighted by molar-refractivity contribution is 7.71. The van der Waals surface area contributed by atoms with Crippen LogP contribution in [0.2, 0.25) is 0 Å². The lowest BCUT2D eigenvalue weighted by Gasteiger charge is -2.09. The number of hydrogen-bond acceptors (Lipinski definition) is 4. The molecule has 5 nitrogen and oxygen atoms in total. The molecular weight excluding hydrogens is 308 g/mol. The van der Waals surface area contributed by atoms with Gasteiger partial charge in [0.1, 0.15) is 5.75 Å². The van der Waals surface area contributed by atoms with Gasteiger partial charge in [-0.25, -0.2) is 0 Å². The maximum absolute atomic E-state index is 5.44. The van der Waals surface area contributed by atoms with Crippen LogP contribution < -0.4 is 10.1 Å². The number of hydrogen-bond donors (Lipinski definition) is 2. The van der Waals surface area contributed by atoms with Gasteiger partial charge in [-0.2, -0.15) is 5.10 Å². The summed E-state index contributed by atoms with van der Waals surface area (Å²) in [6, 6.07) is 17.8. The topological polar surface area (TPSA) is 54.9 Å². The average Bonchev–Trinajstić information content (AvgIpc) is 2.96. The van der Waals surface area contributed by atoms with Crippen LogP contribution in [-0.2, 0) is 6.54 Å². The molecule has 6 heteroatoms. The van der Waals surface area contributed by atoms with Gasteiger partial charge in [-0.1, -0.05) is 18.2 Å². The molecule has 2 N–H and O–H groups in total. The van der Waals surface area contributed by atoms with Crippen molar-refractivity contribution in [2.24, 2.45) is 0 Å². The largest absolute Gasteiger partial charge is 0.494 e. The van der Waals surface area contributed by atoms with Gasteiger partial charge >= 0.3 is 0 Å². The number of H-pyrrole nitrogens is 1. The van der Waals surface area contributed by atoms with Gasteiger partial charge in [-0.3, -0.25) is 9.67 Å². The van der Waals surface area contributed by atoms with Crippen molar-refractivity contribution in [2.45, 2.75) is 13.5 Å². The lowest BCUT2D eigenvalue weighted by atomic mass is 10.3. The van der Waals surface area contributed by atoms with E-state index in [0.717, 1.165) is 22.9 Å². The van der Waals surface area contributed by atoms with Crippen molar-refractivity contribution in [1.29, 1.82) is 0 Å². The summed E-state index contributed by atoms with van der Waals surface area (Å²) in [5.74, 6) is 1.69. The van der Waals surface area contributed by atoms with Crippen LogP contribution in [0.1, 0.15) is 12.7 Å². The van der Waals surface area contributed by atoms with E-state index in [1.54, 1.807) is 0 Å². The lowest BCUT2D eigenvalue weighted by Crippen LogP contribution is -2.07. The highest BCUT2D eigenvalue weighted by Crippen LogP contribution is 2.17. The molecule has 0 saturated carbocycles. The summed E-state index contributed by atoms with van der Waals surface area (Å²) >= 11 is 5.33. The second-order valence-electron chi connectivity index (χ2n) is 4.93. The van der Waals surface area contributed by atoms with E-state index in [-0.39, 0.29) is 0 Å². The van der Waals surface area contributed by atoms with E-state index in [9.17, 15) is 0 Å². The molecule has 0 amide bonds. The number of rotatable bonds is 6. The molecule has 1 aromatic heterocycles. The van der Waals surface area contributed by atoms with E-state index < -0.39 is 0 Å². The number of para-hydroxylation sites is 1. The number of aromatic nitrogens is 3. The molecule has 0 aliphatic carbocycles. The van der Waals surface area contributed by atoms with Crippen LogP contribution in [0.25, 0.3) is 5.69 Å². The summed E-state index contributed by atoms with van der Waals surface area (Å²) in [6.45, 7) is 3.20. The molecule has 0 fully saturated rings. The first kappa shape index (κ1) is 15.3. The Morgan fingerprint density at radius 2 is 1.87 bits per heavy atom. The predicted molar refractivity (Wildman–Crippen MR) is 93.7 cm³/mol. The smallest absolute Gasteiger partial charge is 0.199 e. The molecular formula is C17H18N4OS. The third-order valence-electron chi connectivity index (χ3n) is 3.37. The minimum Gasteiger partial charge on any atom is -0.494 e. The summed E-state index contributed by atoms with van der Waals surface area (Å²) in [6.07, 6.45) is 0. The van der Waals surface area contributed by atoms with Gasteiger partial charge in [0.15, 0.2) is 10.6 Å². The van der Waals surface area contributed by atoms with Gasteiger partial charge in [0, 0.05) is 11.4 Å². The molecule has 3 aromatic rings. The van der Waals surface area contributed by atoms with Gasteiger partial charge in [-0.05, 0) is 55.5 Å². The van der Waals surface area contributed by atoms with Gasteiger partial charge in [0.2, 0.25) is 0 Å².